The van der Waals surface area contributed by atoms with E-state index in [9.17, 15) is 14.9 Å². The van der Waals surface area contributed by atoms with Crippen LogP contribution < -0.4 is 0 Å². The smallest absolute Gasteiger partial charge is 0.267 e. The standard InChI is InChI=1S/C21H22BrN3O2/c1-14-8-6-10-16(12-14)19(26)25(21(3,4)5)24(13-23)20(27)17-11-7-9-15(2)18(17)22/h6-12H,1-5H3. The van der Waals surface area contributed by atoms with E-state index in [0.717, 1.165) is 16.1 Å². The predicted octanol–water partition coefficient (Wildman–Crippen LogP) is 4.85. The fourth-order valence-electron chi connectivity index (χ4n) is 2.70. The van der Waals surface area contributed by atoms with Crippen LogP contribution in [0.3, 0.4) is 0 Å². The first kappa shape index (κ1) is 20.7. The number of halogens is 1. The number of rotatable bonds is 2. The van der Waals surface area contributed by atoms with E-state index in [1.54, 1.807) is 51.1 Å². The van der Waals surface area contributed by atoms with Gasteiger partial charge in [-0.15, -0.1) is 5.01 Å². The van der Waals surface area contributed by atoms with Crippen molar-refractivity contribution < 1.29 is 9.59 Å². The van der Waals surface area contributed by atoms with E-state index in [1.165, 1.54) is 5.01 Å². The van der Waals surface area contributed by atoms with Gasteiger partial charge >= 0.3 is 0 Å². The SMILES string of the molecule is Cc1cccc(C(=O)N(N(C#N)C(=O)c2cccc(C)c2Br)C(C)(C)C)c1. The number of benzene rings is 2. The van der Waals surface area contributed by atoms with Gasteiger partial charge in [0.2, 0.25) is 6.19 Å². The lowest BCUT2D eigenvalue weighted by Crippen LogP contribution is -2.56. The predicted molar refractivity (Wildman–Crippen MR) is 108 cm³/mol. The van der Waals surface area contributed by atoms with Crippen LogP contribution in [0.1, 0.15) is 52.6 Å². The minimum Gasteiger partial charge on any atom is -0.267 e. The number of carbonyl (C=O) groups is 2. The molecule has 0 fully saturated rings. The van der Waals surface area contributed by atoms with Crippen LogP contribution in [0.25, 0.3) is 0 Å². The number of hydrogen-bond acceptors (Lipinski definition) is 3. The molecule has 0 saturated heterocycles. The van der Waals surface area contributed by atoms with Crippen molar-refractivity contribution in [2.24, 2.45) is 0 Å². The fourth-order valence-corrected chi connectivity index (χ4v) is 3.14. The Kier molecular flexibility index (Phi) is 6.07. The summed E-state index contributed by atoms with van der Waals surface area (Å²) in [6.45, 7) is 9.09. The first-order chi connectivity index (χ1) is 12.6. The molecule has 140 valence electrons. The molecule has 0 heterocycles. The van der Waals surface area contributed by atoms with Crippen molar-refractivity contribution >= 4 is 27.7 Å². The van der Waals surface area contributed by atoms with Crippen LogP contribution in [0.15, 0.2) is 46.9 Å². The Balaban J connectivity index is 2.54. The first-order valence-electron chi connectivity index (χ1n) is 8.48. The van der Waals surface area contributed by atoms with Gasteiger partial charge in [0, 0.05) is 10.0 Å². The zero-order chi connectivity index (χ0) is 20.4. The van der Waals surface area contributed by atoms with Gasteiger partial charge < -0.3 is 0 Å². The average Bonchev–Trinajstić information content (AvgIpc) is 2.59. The van der Waals surface area contributed by atoms with E-state index in [2.05, 4.69) is 15.9 Å². The van der Waals surface area contributed by atoms with E-state index < -0.39 is 17.4 Å². The van der Waals surface area contributed by atoms with E-state index >= 15 is 0 Å². The molecule has 0 aliphatic carbocycles. The van der Waals surface area contributed by atoms with Crippen LogP contribution in [0.4, 0.5) is 0 Å². The van der Waals surface area contributed by atoms with Gasteiger partial charge in [-0.05, 0) is 74.3 Å². The van der Waals surface area contributed by atoms with Gasteiger partial charge in [-0.2, -0.15) is 5.26 Å². The zero-order valence-electron chi connectivity index (χ0n) is 16.1. The number of aryl methyl sites for hydroxylation is 2. The highest BCUT2D eigenvalue weighted by Gasteiger charge is 2.37. The van der Waals surface area contributed by atoms with E-state index in [4.69, 9.17) is 0 Å². The molecule has 0 saturated carbocycles. The Labute approximate surface area is 168 Å². The quantitative estimate of drug-likeness (QED) is 0.391. The largest absolute Gasteiger partial charge is 0.287 e. The second kappa shape index (κ2) is 7.93. The third kappa shape index (κ3) is 4.37. The summed E-state index contributed by atoms with van der Waals surface area (Å²) in [5.41, 5.74) is 1.74. The molecule has 0 aliphatic heterocycles. The van der Waals surface area contributed by atoms with E-state index in [1.807, 2.05) is 32.2 Å². The first-order valence-corrected chi connectivity index (χ1v) is 9.27. The van der Waals surface area contributed by atoms with Crippen molar-refractivity contribution in [3.8, 4) is 6.19 Å². The molecule has 0 atom stereocenters. The summed E-state index contributed by atoms with van der Waals surface area (Å²) in [6, 6.07) is 12.3. The Morgan fingerprint density at radius 2 is 1.67 bits per heavy atom. The van der Waals surface area contributed by atoms with Gasteiger partial charge in [0.15, 0.2) is 0 Å². The molecule has 6 heteroatoms. The molecule has 2 rings (SSSR count). The maximum absolute atomic E-state index is 13.2. The van der Waals surface area contributed by atoms with Crippen LogP contribution in [0.2, 0.25) is 0 Å². The molecule has 5 nitrogen and oxygen atoms in total. The highest BCUT2D eigenvalue weighted by Crippen LogP contribution is 2.26. The van der Waals surface area contributed by atoms with Gasteiger partial charge in [0.1, 0.15) is 0 Å². The van der Waals surface area contributed by atoms with Gasteiger partial charge in [0.25, 0.3) is 11.8 Å². The van der Waals surface area contributed by atoms with Crippen molar-refractivity contribution in [2.75, 3.05) is 0 Å². The average molecular weight is 428 g/mol. The molecule has 0 unspecified atom stereocenters. The summed E-state index contributed by atoms with van der Waals surface area (Å²) >= 11 is 3.41. The fraction of sp³-hybridized carbons (Fsp3) is 0.286. The van der Waals surface area contributed by atoms with Crippen LogP contribution in [0, 0.1) is 25.3 Å². The van der Waals surface area contributed by atoms with E-state index in [0.29, 0.717) is 15.6 Å². The molecule has 27 heavy (non-hydrogen) atoms. The summed E-state index contributed by atoms with van der Waals surface area (Å²) in [7, 11) is 0. The second-order valence-electron chi connectivity index (χ2n) is 7.31. The van der Waals surface area contributed by atoms with Crippen molar-refractivity contribution in [1.82, 2.24) is 10.0 Å². The van der Waals surface area contributed by atoms with Crippen LogP contribution in [-0.4, -0.2) is 27.4 Å². The van der Waals surface area contributed by atoms with Gasteiger partial charge in [-0.3, -0.25) is 9.59 Å². The molecular weight excluding hydrogens is 406 g/mol. The van der Waals surface area contributed by atoms with Gasteiger partial charge in [0.05, 0.1) is 11.1 Å². The lowest BCUT2D eigenvalue weighted by molar-refractivity contribution is -0.0167. The normalized spacial score (nSPS) is 10.9. The minimum absolute atomic E-state index is 0.322. The molecule has 0 aliphatic rings. The van der Waals surface area contributed by atoms with Crippen LogP contribution in [-0.2, 0) is 0 Å². The third-order valence-corrected chi connectivity index (χ3v) is 5.05. The lowest BCUT2D eigenvalue weighted by atomic mass is 10.0. The minimum atomic E-state index is -0.789. The molecule has 0 bridgehead atoms. The Hall–Kier alpha value is -2.65. The molecule has 0 spiro atoms. The molecule has 2 amide bonds. The number of nitrogens with zero attached hydrogens (tertiary/aromatic N) is 3. The van der Waals surface area contributed by atoms with Crippen LogP contribution in [0.5, 0.6) is 0 Å². The monoisotopic (exact) mass is 427 g/mol. The number of hydrogen-bond donors (Lipinski definition) is 0. The van der Waals surface area contributed by atoms with Gasteiger partial charge in [-0.25, -0.2) is 5.01 Å². The summed E-state index contributed by atoms with van der Waals surface area (Å²) in [5, 5.41) is 11.8. The molecule has 0 aromatic heterocycles. The summed E-state index contributed by atoms with van der Waals surface area (Å²) in [4.78, 5) is 26.3. The summed E-state index contributed by atoms with van der Waals surface area (Å²) in [6.07, 6.45) is 1.89. The lowest BCUT2D eigenvalue weighted by Gasteiger charge is -2.39. The molecule has 0 radical (unpaired) electrons. The van der Waals surface area contributed by atoms with Crippen molar-refractivity contribution in [3.05, 3.63) is 69.2 Å². The van der Waals surface area contributed by atoms with Crippen molar-refractivity contribution in [3.63, 3.8) is 0 Å². The zero-order valence-corrected chi connectivity index (χ0v) is 17.7. The number of carbonyl (C=O) groups excluding carboxylic acids is 2. The van der Waals surface area contributed by atoms with Crippen molar-refractivity contribution in [2.45, 2.75) is 40.2 Å². The number of hydrazine groups is 1. The Morgan fingerprint density at radius 3 is 2.22 bits per heavy atom. The van der Waals surface area contributed by atoms with Crippen molar-refractivity contribution in [1.29, 1.82) is 5.26 Å². The van der Waals surface area contributed by atoms with Gasteiger partial charge in [-0.1, -0.05) is 29.8 Å². The molecular formula is C21H22BrN3O2. The maximum Gasteiger partial charge on any atom is 0.287 e. The Bertz CT molecular complexity index is 926. The van der Waals surface area contributed by atoms with E-state index in [-0.39, 0.29) is 0 Å². The highest BCUT2D eigenvalue weighted by atomic mass is 79.9. The molecule has 2 aromatic rings. The van der Waals surface area contributed by atoms with Crippen LogP contribution >= 0.6 is 15.9 Å². The Morgan fingerprint density at radius 1 is 1.04 bits per heavy atom. The summed E-state index contributed by atoms with van der Waals surface area (Å²) < 4.78 is 0.604. The second-order valence-corrected chi connectivity index (χ2v) is 8.10. The summed E-state index contributed by atoms with van der Waals surface area (Å²) in [5.74, 6) is -0.978. The molecule has 2 aromatic carbocycles. The number of nitriles is 1. The topological polar surface area (TPSA) is 64.4 Å². The third-order valence-electron chi connectivity index (χ3n) is 4.00. The highest BCUT2D eigenvalue weighted by molar-refractivity contribution is 9.10. The molecule has 0 N–H and O–H groups in total. The number of amides is 2. The maximum atomic E-state index is 13.2.